The summed E-state index contributed by atoms with van der Waals surface area (Å²) in [5.41, 5.74) is 6.78. The number of nitrogens with zero attached hydrogens (tertiary/aromatic N) is 2. The van der Waals surface area contributed by atoms with Crippen LogP contribution in [-0.4, -0.2) is 10.2 Å². The molecule has 0 saturated heterocycles. The Kier molecular flexibility index (Phi) is 4.36. The number of rotatable bonds is 3. The highest BCUT2D eigenvalue weighted by molar-refractivity contribution is 5.97. The highest BCUT2D eigenvalue weighted by atomic mass is 16.5. The molecule has 4 aromatic rings. The van der Waals surface area contributed by atoms with Gasteiger partial charge >= 0.3 is 0 Å². The molecule has 0 atom stereocenters. The van der Waals surface area contributed by atoms with Gasteiger partial charge in [-0.15, -0.1) is 10.2 Å². The number of ether oxygens (including phenoxy) is 1. The Morgan fingerprint density at radius 1 is 0.667 bits per heavy atom. The van der Waals surface area contributed by atoms with E-state index in [9.17, 15) is 0 Å². The van der Waals surface area contributed by atoms with Crippen LogP contribution in [0.25, 0.3) is 22.0 Å². The monoisotopic (exact) mass is 354 g/mol. The molecule has 0 aliphatic heterocycles. The van der Waals surface area contributed by atoms with E-state index in [0.29, 0.717) is 5.88 Å². The third-order valence-corrected chi connectivity index (χ3v) is 4.84. The van der Waals surface area contributed by atoms with Crippen LogP contribution >= 0.6 is 0 Å². The van der Waals surface area contributed by atoms with Gasteiger partial charge in [-0.2, -0.15) is 0 Å². The van der Waals surface area contributed by atoms with Crippen molar-refractivity contribution in [2.45, 2.75) is 27.7 Å². The van der Waals surface area contributed by atoms with Gasteiger partial charge in [0.05, 0.1) is 0 Å². The van der Waals surface area contributed by atoms with Gasteiger partial charge in [0.1, 0.15) is 11.4 Å². The third-order valence-electron chi connectivity index (χ3n) is 4.84. The largest absolute Gasteiger partial charge is 0.437 e. The molecule has 4 rings (SSSR count). The molecule has 3 heteroatoms. The third kappa shape index (κ3) is 3.41. The SMILES string of the molecule is Cc1cc(C)cc(Oc2nnc(-c3ccc(C)c(C)c3)c3ccccc23)c1. The number of hydrogen-bond acceptors (Lipinski definition) is 3. The van der Waals surface area contributed by atoms with Crippen LogP contribution in [0.15, 0.2) is 60.7 Å². The zero-order valence-electron chi connectivity index (χ0n) is 16.1. The average molecular weight is 354 g/mol. The van der Waals surface area contributed by atoms with E-state index in [-0.39, 0.29) is 0 Å². The normalized spacial score (nSPS) is 11.0. The summed E-state index contributed by atoms with van der Waals surface area (Å²) in [5, 5.41) is 10.9. The fraction of sp³-hybridized carbons (Fsp3) is 0.167. The van der Waals surface area contributed by atoms with Crippen molar-refractivity contribution in [1.82, 2.24) is 10.2 Å². The molecule has 0 radical (unpaired) electrons. The molecule has 0 bridgehead atoms. The van der Waals surface area contributed by atoms with Crippen molar-refractivity contribution < 1.29 is 4.74 Å². The minimum absolute atomic E-state index is 0.531. The molecule has 1 aromatic heterocycles. The summed E-state index contributed by atoms with van der Waals surface area (Å²) in [6.07, 6.45) is 0. The van der Waals surface area contributed by atoms with Crippen LogP contribution in [0.4, 0.5) is 0 Å². The second-order valence-corrected chi connectivity index (χ2v) is 7.12. The zero-order chi connectivity index (χ0) is 19.0. The van der Waals surface area contributed by atoms with E-state index in [2.05, 4.69) is 68.2 Å². The van der Waals surface area contributed by atoms with Crippen LogP contribution in [0.5, 0.6) is 11.6 Å². The Balaban J connectivity index is 1.84. The minimum Gasteiger partial charge on any atom is -0.437 e. The van der Waals surface area contributed by atoms with Gasteiger partial charge in [0.15, 0.2) is 0 Å². The van der Waals surface area contributed by atoms with Crippen molar-refractivity contribution in [3.05, 3.63) is 82.9 Å². The summed E-state index contributed by atoms with van der Waals surface area (Å²) >= 11 is 0. The van der Waals surface area contributed by atoms with Crippen molar-refractivity contribution in [3.63, 3.8) is 0 Å². The topological polar surface area (TPSA) is 35.0 Å². The predicted octanol–water partition coefficient (Wildman–Crippen LogP) is 6.32. The van der Waals surface area contributed by atoms with Crippen molar-refractivity contribution in [2.75, 3.05) is 0 Å². The van der Waals surface area contributed by atoms with Gasteiger partial charge in [-0.25, -0.2) is 0 Å². The molecule has 0 spiro atoms. The maximum atomic E-state index is 6.11. The van der Waals surface area contributed by atoms with Crippen LogP contribution in [0.2, 0.25) is 0 Å². The van der Waals surface area contributed by atoms with Crippen LogP contribution < -0.4 is 4.74 Å². The predicted molar refractivity (Wildman–Crippen MR) is 110 cm³/mol. The number of aromatic nitrogens is 2. The van der Waals surface area contributed by atoms with Crippen molar-refractivity contribution in [3.8, 4) is 22.9 Å². The van der Waals surface area contributed by atoms with Crippen molar-refractivity contribution >= 4 is 10.8 Å². The first-order valence-electron chi connectivity index (χ1n) is 9.10. The summed E-state index contributed by atoms with van der Waals surface area (Å²) in [6.45, 7) is 8.36. The molecule has 0 aliphatic rings. The fourth-order valence-corrected chi connectivity index (χ4v) is 3.36. The lowest BCUT2D eigenvalue weighted by Gasteiger charge is -2.12. The molecule has 0 unspecified atom stereocenters. The quantitative estimate of drug-likeness (QED) is 0.431. The van der Waals surface area contributed by atoms with Gasteiger partial charge in [0.2, 0.25) is 5.88 Å². The Hall–Kier alpha value is -3.20. The first kappa shape index (κ1) is 17.2. The summed E-state index contributed by atoms with van der Waals surface area (Å²) in [6, 6.07) is 20.7. The number of aryl methyl sites for hydroxylation is 4. The Morgan fingerprint density at radius 2 is 1.37 bits per heavy atom. The Morgan fingerprint density at radius 3 is 2.07 bits per heavy atom. The standard InChI is InChI=1S/C24H22N2O/c1-15-11-16(2)13-20(12-15)27-24-22-8-6-5-7-21(22)23(25-26-24)19-10-9-17(3)18(4)14-19/h5-14H,1-4H3. The molecule has 0 N–H and O–H groups in total. The van der Waals surface area contributed by atoms with Gasteiger partial charge < -0.3 is 4.74 Å². The second-order valence-electron chi connectivity index (χ2n) is 7.12. The van der Waals surface area contributed by atoms with E-state index in [0.717, 1.165) is 38.9 Å². The molecule has 0 saturated carbocycles. The maximum Gasteiger partial charge on any atom is 0.246 e. The lowest BCUT2D eigenvalue weighted by atomic mass is 10.0. The Bertz CT molecular complexity index is 1130. The molecule has 0 fully saturated rings. The Labute approximate surface area is 159 Å². The first-order chi connectivity index (χ1) is 13.0. The van der Waals surface area contributed by atoms with E-state index >= 15 is 0 Å². The molecule has 0 amide bonds. The lowest BCUT2D eigenvalue weighted by Crippen LogP contribution is -1.97. The van der Waals surface area contributed by atoms with Crippen molar-refractivity contribution in [1.29, 1.82) is 0 Å². The molecule has 27 heavy (non-hydrogen) atoms. The number of hydrogen-bond donors (Lipinski definition) is 0. The average Bonchev–Trinajstić information content (AvgIpc) is 2.64. The summed E-state index contributed by atoms with van der Waals surface area (Å²) < 4.78 is 6.11. The van der Waals surface area contributed by atoms with E-state index < -0.39 is 0 Å². The molecular weight excluding hydrogens is 332 g/mol. The summed E-state index contributed by atoms with van der Waals surface area (Å²) in [4.78, 5) is 0. The highest BCUT2D eigenvalue weighted by Gasteiger charge is 2.13. The second kappa shape index (κ2) is 6.84. The van der Waals surface area contributed by atoms with Crippen LogP contribution in [0.1, 0.15) is 22.3 Å². The molecule has 134 valence electrons. The maximum absolute atomic E-state index is 6.11. The number of fused-ring (bicyclic) bond motifs is 1. The lowest BCUT2D eigenvalue weighted by molar-refractivity contribution is 0.461. The van der Waals surface area contributed by atoms with E-state index in [1.54, 1.807) is 0 Å². The van der Waals surface area contributed by atoms with Crippen LogP contribution in [0.3, 0.4) is 0 Å². The smallest absolute Gasteiger partial charge is 0.246 e. The molecule has 1 heterocycles. The van der Waals surface area contributed by atoms with Crippen LogP contribution in [-0.2, 0) is 0 Å². The molecule has 0 aliphatic carbocycles. The fourth-order valence-electron chi connectivity index (χ4n) is 3.36. The van der Waals surface area contributed by atoms with E-state index in [1.807, 2.05) is 30.3 Å². The van der Waals surface area contributed by atoms with Crippen molar-refractivity contribution in [2.24, 2.45) is 0 Å². The van der Waals surface area contributed by atoms with Gasteiger partial charge in [-0.3, -0.25) is 0 Å². The van der Waals surface area contributed by atoms with Crippen LogP contribution in [0, 0.1) is 27.7 Å². The summed E-state index contributed by atoms with van der Waals surface area (Å²) in [7, 11) is 0. The first-order valence-corrected chi connectivity index (χ1v) is 9.10. The van der Waals surface area contributed by atoms with Gasteiger partial charge in [0, 0.05) is 16.3 Å². The van der Waals surface area contributed by atoms with E-state index in [1.165, 1.54) is 11.1 Å². The molecule has 3 aromatic carbocycles. The summed E-state index contributed by atoms with van der Waals surface area (Å²) in [5.74, 6) is 1.31. The zero-order valence-corrected chi connectivity index (χ0v) is 16.1. The van der Waals surface area contributed by atoms with Gasteiger partial charge in [-0.1, -0.05) is 36.4 Å². The minimum atomic E-state index is 0.531. The van der Waals surface area contributed by atoms with E-state index in [4.69, 9.17) is 4.74 Å². The highest BCUT2D eigenvalue weighted by Crippen LogP contribution is 2.33. The van der Waals surface area contributed by atoms with Gasteiger partial charge in [0.25, 0.3) is 0 Å². The van der Waals surface area contributed by atoms with Gasteiger partial charge in [-0.05, 0) is 74.2 Å². The number of benzene rings is 3. The molecule has 3 nitrogen and oxygen atoms in total. The molecular formula is C24H22N2O.